The molecular weight excluding hydrogens is 294 g/mol. The van der Waals surface area contributed by atoms with Gasteiger partial charge in [-0.3, -0.25) is 4.79 Å². The molecule has 0 bridgehead atoms. The Morgan fingerprint density at radius 1 is 1.17 bits per heavy atom. The van der Waals surface area contributed by atoms with Crippen LogP contribution in [0.4, 0.5) is 0 Å². The SMILES string of the molecule is COc1ccc(CCNC(=O)c2cnc(C)nc2C)cc1OC. The second-order valence-corrected chi connectivity index (χ2v) is 5.11. The number of ether oxygens (including phenoxy) is 2. The van der Waals surface area contributed by atoms with E-state index in [1.165, 1.54) is 0 Å². The first-order valence-corrected chi connectivity index (χ1v) is 7.34. The number of carbonyl (C=O) groups excluding carboxylic acids is 1. The summed E-state index contributed by atoms with van der Waals surface area (Å²) >= 11 is 0. The molecule has 1 N–H and O–H groups in total. The number of aryl methyl sites for hydroxylation is 2. The summed E-state index contributed by atoms with van der Waals surface area (Å²) in [4.78, 5) is 20.4. The van der Waals surface area contributed by atoms with Crippen molar-refractivity contribution in [3.63, 3.8) is 0 Å². The van der Waals surface area contributed by atoms with E-state index in [-0.39, 0.29) is 5.91 Å². The summed E-state index contributed by atoms with van der Waals surface area (Å²) in [5.74, 6) is 1.86. The van der Waals surface area contributed by atoms with Crippen LogP contribution in [0.1, 0.15) is 27.4 Å². The highest BCUT2D eigenvalue weighted by atomic mass is 16.5. The van der Waals surface area contributed by atoms with E-state index in [0.717, 1.165) is 5.56 Å². The molecule has 0 atom stereocenters. The highest BCUT2D eigenvalue weighted by Crippen LogP contribution is 2.27. The fourth-order valence-corrected chi connectivity index (χ4v) is 2.26. The summed E-state index contributed by atoms with van der Waals surface area (Å²) in [6.07, 6.45) is 2.25. The Morgan fingerprint density at radius 3 is 2.57 bits per heavy atom. The largest absolute Gasteiger partial charge is 0.493 e. The van der Waals surface area contributed by atoms with Crippen LogP contribution in [0.25, 0.3) is 0 Å². The van der Waals surface area contributed by atoms with Crippen molar-refractivity contribution in [1.29, 1.82) is 0 Å². The zero-order chi connectivity index (χ0) is 16.8. The minimum atomic E-state index is -0.164. The second-order valence-electron chi connectivity index (χ2n) is 5.11. The molecule has 6 nitrogen and oxygen atoms in total. The molecule has 1 aromatic heterocycles. The molecular formula is C17H21N3O3. The van der Waals surface area contributed by atoms with Crippen molar-refractivity contribution in [1.82, 2.24) is 15.3 Å². The summed E-state index contributed by atoms with van der Waals surface area (Å²) in [5, 5.41) is 2.88. The molecule has 2 aromatic rings. The topological polar surface area (TPSA) is 73.3 Å². The predicted molar refractivity (Wildman–Crippen MR) is 87.1 cm³/mol. The van der Waals surface area contributed by atoms with Gasteiger partial charge in [0, 0.05) is 12.7 Å². The Bertz CT molecular complexity index is 701. The number of methoxy groups -OCH3 is 2. The maximum atomic E-state index is 12.2. The molecule has 0 fully saturated rings. The van der Waals surface area contributed by atoms with Crippen LogP contribution in [0.15, 0.2) is 24.4 Å². The summed E-state index contributed by atoms with van der Waals surface area (Å²) in [5.41, 5.74) is 2.24. The van der Waals surface area contributed by atoms with E-state index < -0.39 is 0 Å². The predicted octanol–water partition coefficient (Wildman–Crippen LogP) is 2.08. The molecule has 0 aliphatic rings. The van der Waals surface area contributed by atoms with Gasteiger partial charge in [-0.1, -0.05) is 6.07 Å². The van der Waals surface area contributed by atoms with E-state index in [4.69, 9.17) is 9.47 Å². The first-order chi connectivity index (χ1) is 11.0. The number of nitrogens with zero attached hydrogens (tertiary/aromatic N) is 2. The van der Waals surface area contributed by atoms with Crippen LogP contribution >= 0.6 is 0 Å². The van der Waals surface area contributed by atoms with Gasteiger partial charge in [0.05, 0.1) is 25.5 Å². The third kappa shape index (κ3) is 4.18. The summed E-state index contributed by atoms with van der Waals surface area (Å²) in [6.45, 7) is 4.12. The number of hydrogen-bond donors (Lipinski definition) is 1. The van der Waals surface area contributed by atoms with Crippen molar-refractivity contribution in [2.45, 2.75) is 20.3 Å². The molecule has 0 spiro atoms. The van der Waals surface area contributed by atoms with E-state index >= 15 is 0 Å². The summed E-state index contributed by atoms with van der Waals surface area (Å²) < 4.78 is 10.5. The monoisotopic (exact) mass is 315 g/mol. The smallest absolute Gasteiger partial charge is 0.254 e. The number of carbonyl (C=O) groups is 1. The first kappa shape index (κ1) is 16.7. The third-order valence-electron chi connectivity index (χ3n) is 3.49. The van der Waals surface area contributed by atoms with Gasteiger partial charge in [-0.25, -0.2) is 9.97 Å². The zero-order valence-electron chi connectivity index (χ0n) is 13.8. The zero-order valence-corrected chi connectivity index (χ0v) is 13.8. The number of aromatic nitrogens is 2. The molecule has 23 heavy (non-hydrogen) atoms. The molecule has 0 saturated heterocycles. The van der Waals surface area contributed by atoms with Gasteiger partial charge in [-0.15, -0.1) is 0 Å². The minimum Gasteiger partial charge on any atom is -0.493 e. The lowest BCUT2D eigenvalue weighted by atomic mass is 10.1. The van der Waals surface area contributed by atoms with Gasteiger partial charge in [0.15, 0.2) is 11.5 Å². The van der Waals surface area contributed by atoms with Crippen molar-refractivity contribution in [2.24, 2.45) is 0 Å². The molecule has 1 amide bonds. The lowest BCUT2D eigenvalue weighted by Crippen LogP contribution is -2.27. The number of nitrogens with one attached hydrogen (secondary N) is 1. The maximum Gasteiger partial charge on any atom is 0.254 e. The molecule has 0 aliphatic heterocycles. The Kier molecular flexibility index (Phi) is 5.51. The van der Waals surface area contributed by atoms with Crippen molar-refractivity contribution < 1.29 is 14.3 Å². The molecule has 0 radical (unpaired) electrons. The van der Waals surface area contributed by atoms with E-state index in [9.17, 15) is 4.79 Å². The first-order valence-electron chi connectivity index (χ1n) is 7.34. The van der Waals surface area contributed by atoms with Crippen LogP contribution in [0, 0.1) is 13.8 Å². The molecule has 6 heteroatoms. The summed E-state index contributed by atoms with van der Waals surface area (Å²) in [7, 11) is 3.20. The Labute approximate surface area is 135 Å². The fraction of sp³-hybridized carbons (Fsp3) is 0.353. The molecule has 1 aromatic carbocycles. The standard InChI is InChI=1S/C17H21N3O3/c1-11-14(10-19-12(2)20-11)17(21)18-8-7-13-5-6-15(22-3)16(9-13)23-4/h5-6,9-10H,7-8H2,1-4H3,(H,18,21). The Hall–Kier alpha value is -2.63. The Balaban J connectivity index is 1.95. The van der Waals surface area contributed by atoms with Crippen molar-refractivity contribution >= 4 is 5.91 Å². The normalized spacial score (nSPS) is 10.3. The average Bonchev–Trinajstić information content (AvgIpc) is 2.54. The van der Waals surface area contributed by atoms with E-state index in [1.54, 1.807) is 34.3 Å². The van der Waals surface area contributed by atoms with Crippen LogP contribution < -0.4 is 14.8 Å². The third-order valence-corrected chi connectivity index (χ3v) is 3.49. The van der Waals surface area contributed by atoms with Crippen LogP contribution in [0.5, 0.6) is 11.5 Å². The van der Waals surface area contributed by atoms with Gasteiger partial charge < -0.3 is 14.8 Å². The lowest BCUT2D eigenvalue weighted by Gasteiger charge is -2.10. The van der Waals surface area contributed by atoms with Gasteiger partial charge in [-0.05, 0) is 38.0 Å². The number of amides is 1. The molecule has 2 rings (SSSR count). The van der Waals surface area contributed by atoms with Crippen molar-refractivity contribution in [3.05, 3.63) is 47.0 Å². The van der Waals surface area contributed by atoms with Gasteiger partial charge in [0.1, 0.15) is 5.82 Å². The number of benzene rings is 1. The maximum absolute atomic E-state index is 12.2. The van der Waals surface area contributed by atoms with Gasteiger partial charge >= 0.3 is 0 Å². The highest BCUT2D eigenvalue weighted by Gasteiger charge is 2.11. The van der Waals surface area contributed by atoms with Crippen LogP contribution in [-0.4, -0.2) is 36.6 Å². The van der Waals surface area contributed by atoms with E-state index in [1.807, 2.05) is 18.2 Å². The highest BCUT2D eigenvalue weighted by molar-refractivity contribution is 5.94. The molecule has 0 unspecified atom stereocenters. The minimum absolute atomic E-state index is 0.164. The van der Waals surface area contributed by atoms with E-state index in [0.29, 0.717) is 41.5 Å². The van der Waals surface area contributed by atoms with Gasteiger partial charge in [0.2, 0.25) is 0 Å². The quantitative estimate of drug-likeness (QED) is 0.883. The van der Waals surface area contributed by atoms with Crippen molar-refractivity contribution in [3.8, 4) is 11.5 Å². The number of rotatable bonds is 6. The lowest BCUT2D eigenvalue weighted by molar-refractivity contribution is 0.0952. The van der Waals surface area contributed by atoms with E-state index in [2.05, 4.69) is 15.3 Å². The van der Waals surface area contributed by atoms with Crippen molar-refractivity contribution in [2.75, 3.05) is 20.8 Å². The Morgan fingerprint density at radius 2 is 1.91 bits per heavy atom. The molecule has 0 saturated carbocycles. The van der Waals surface area contributed by atoms with Gasteiger partial charge in [0.25, 0.3) is 5.91 Å². The summed E-state index contributed by atoms with van der Waals surface area (Å²) in [6, 6.07) is 5.72. The van der Waals surface area contributed by atoms with Gasteiger partial charge in [-0.2, -0.15) is 0 Å². The van der Waals surface area contributed by atoms with Crippen LogP contribution in [-0.2, 0) is 6.42 Å². The number of hydrogen-bond acceptors (Lipinski definition) is 5. The fourth-order valence-electron chi connectivity index (χ4n) is 2.26. The molecule has 122 valence electrons. The van der Waals surface area contributed by atoms with Crippen LogP contribution in [0.2, 0.25) is 0 Å². The molecule has 1 heterocycles. The second kappa shape index (κ2) is 7.58. The molecule has 0 aliphatic carbocycles. The average molecular weight is 315 g/mol. The van der Waals surface area contributed by atoms with Crippen LogP contribution in [0.3, 0.4) is 0 Å².